The van der Waals surface area contributed by atoms with E-state index in [1.54, 1.807) is 23.5 Å². The summed E-state index contributed by atoms with van der Waals surface area (Å²) in [7, 11) is 0. The summed E-state index contributed by atoms with van der Waals surface area (Å²) in [5.41, 5.74) is 4.93. The Balaban J connectivity index is 0.980. The van der Waals surface area contributed by atoms with Crippen LogP contribution in [0, 0.1) is 0 Å². The SMILES string of the molecule is CCN(CC)[C@H](C(=O)N1CCC(c2ncc(-c3ccc(-c4ncc(-c5cnc([C@@H]6CCCN6C(=O)OC(C)(C)C)[nH]5)cn4)cc3)[nH]2)C1)c1ccccc1. The molecule has 0 aliphatic carbocycles. The Morgan fingerprint density at radius 2 is 1.45 bits per heavy atom. The Bertz CT molecular complexity index is 2000. The fraction of sp³-hybridized carbons (Fsp3) is 0.415. The first-order valence-electron chi connectivity index (χ1n) is 18.7. The Kier molecular flexibility index (Phi) is 10.4. The van der Waals surface area contributed by atoms with E-state index in [1.807, 2.05) is 74.3 Å². The molecule has 1 unspecified atom stereocenters. The lowest BCUT2D eigenvalue weighted by Gasteiger charge is -2.32. The van der Waals surface area contributed by atoms with Crippen molar-refractivity contribution in [1.29, 1.82) is 0 Å². The highest BCUT2D eigenvalue weighted by atomic mass is 16.6. The standard InChI is InChI=1S/C41H49N9O3/c1-6-48(7-2)35(28-12-9-8-10-13-28)39(51)49-21-19-30(26-49)37-44-24-32(46-37)27-15-17-29(18-16-27)36-42-22-31(23-43-36)33-25-45-38(47-33)34-14-11-20-50(34)40(52)53-41(3,4)5/h8-10,12-13,15-18,22-25,30,34-35H,6-7,11,14,19-21,26H2,1-5H3,(H,44,46)(H,45,47)/t30?,34-,35-/m0/s1. The second-order valence-electron chi connectivity index (χ2n) is 14.9. The summed E-state index contributed by atoms with van der Waals surface area (Å²) in [6, 6.07) is 17.8. The molecule has 12 nitrogen and oxygen atoms in total. The molecule has 0 spiro atoms. The Hall–Kier alpha value is -5.36. The van der Waals surface area contributed by atoms with Crippen LogP contribution in [0.4, 0.5) is 4.79 Å². The molecule has 5 aromatic rings. The third kappa shape index (κ3) is 7.87. The van der Waals surface area contributed by atoms with Crippen LogP contribution in [0.15, 0.2) is 79.4 Å². The highest BCUT2D eigenvalue weighted by Gasteiger charge is 2.36. The Morgan fingerprint density at radius 1 is 0.811 bits per heavy atom. The number of aromatic nitrogens is 6. The van der Waals surface area contributed by atoms with Crippen LogP contribution in [-0.2, 0) is 9.53 Å². The highest BCUT2D eigenvalue weighted by molar-refractivity contribution is 5.83. The number of hydrogen-bond acceptors (Lipinski definition) is 8. The van der Waals surface area contributed by atoms with Crippen molar-refractivity contribution < 1.29 is 14.3 Å². The molecule has 12 heteroatoms. The van der Waals surface area contributed by atoms with E-state index in [4.69, 9.17) is 9.72 Å². The third-order valence-corrected chi connectivity index (χ3v) is 10.2. The topological polar surface area (TPSA) is 136 Å². The number of ether oxygens (including phenoxy) is 1. The van der Waals surface area contributed by atoms with Crippen LogP contribution in [0.1, 0.15) is 89.1 Å². The molecule has 5 heterocycles. The van der Waals surface area contributed by atoms with Crippen LogP contribution in [0.3, 0.4) is 0 Å². The van der Waals surface area contributed by atoms with Gasteiger partial charge in [-0.2, -0.15) is 0 Å². The smallest absolute Gasteiger partial charge is 0.410 e. The van der Waals surface area contributed by atoms with Gasteiger partial charge in [-0.1, -0.05) is 68.4 Å². The number of likely N-dealkylation sites (N-methyl/N-ethyl adjacent to an activating group) is 1. The molecule has 2 saturated heterocycles. The van der Waals surface area contributed by atoms with Gasteiger partial charge in [-0.3, -0.25) is 14.6 Å². The lowest BCUT2D eigenvalue weighted by Crippen LogP contribution is -2.42. The minimum Gasteiger partial charge on any atom is -0.444 e. The molecule has 7 rings (SSSR count). The number of hydrogen-bond donors (Lipinski definition) is 2. The van der Waals surface area contributed by atoms with Crippen LogP contribution >= 0.6 is 0 Å². The van der Waals surface area contributed by atoms with Crippen molar-refractivity contribution in [3.63, 3.8) is 0 Å². The minimum atomic E-state index is -0.554. The van der Waals surface area contributed by atoms with Crippen molar-refractivity contribution in [3.8, 4) is 33.9 Å². The van der Waals surface area contributed by atoms with Gasteiger partial charge in [0, 0.05) is 49.1 Å². The number of nitrogens with one attached hydrogen (secondary N) is 2. The zero-order chi connectivity index (χ0) is 37.1. The monoisotopic (exact) mass is 715 g/mol. The maximum atomic E-state index is 13.9. The number of likely N-dealkylation sites (tertiary alicyclic amines) is 2. The molecule has 276 valence electrons. The number of H-pyrrole nitrogens is 2. The first kappa shape index (κ1) is 36.0. The molecular formula is C41H49N9O3. The summed E-state index contributed by atoms with van der Waals surface area (Å²) in [5.74, 6) is 2.57. The fourth-order valence-electron chi connectivity index (χ4n) is 7.44. The van der Waals surface area contributed by atoms with Gasteiger partial charge in [-0.15, -0.1) is 0 Å². The average Bonchev–Trinajstić information content (AvgIpc) is 4.00. The van der Waals surface area contributed by atoms with E-state index in [0.29, 0.717) is 25.5 Å². The van der Waals surface area contributed by atoms with Gasteiger partial charge in [0.25, 0.3) is 0 Å². The number of amides is 2. The first-order chi connectivity index (χ1) is 25.6. The van der Waals surface area contributed by atoms with Crippen molar-refractivity contribution >= 4 is 12.0 Å². The molecular weight excluding hydrogens is 667 g/mol. The number of rotatable bonds is 10. The van der Waals surface area contributed by atoms with Crippen LogP contribution in [-0.4, -0.2) is 94.9 Å². The zero-order valence-corrected chi connectivity index (χ0v) is 31.2. The van der Waals surface area contributed by atoms with Crippen molar-refractivity contribution in [3.05, 3.63) is 96.6 Å². The number of imidazole rings is 2. The number of nitrogens with zero attached hydrogens (tertiary/aromatic N) is 7. The molecule has 2 aliphatic rings. The van der Waals surface area contributed by atoms with Gasteiger partial charge in [0.1, 0.15) is 23.3 Å². The first-order valence-corrected chi connectivity index (χ1v) is 18.7. The normalized spacial score (nSPS) is 18.2. The molecule has 2 amide bonds. The van der Waals surface area contributed by atoms with E-state index >= 15 is 0 Å². The number of carbonyl (C=O) groups excluding carboxylic acids is 2. The second kappa shape index (κ2) is 15.3. The second-order valence-corrected chi connectivity index (χ2v) is 14.9. The predicted octanol–water partition coefficient (Wildman–Crippen LogP) is 7.39. The molecule has 3 aromatic heterocycles. The number of carbonyl (C=O) groups is 2. The van der Waals surface area contributed by atoms with Crippen molar-refractivity contribution in [2.75, 3.05) is 32.7 Å². The molecule has 2 fully saturated rings. The van der Waals surface area contributed by atoms with E-state index in [2.05, 4.69) is 55.8 Å². The maximum absolute atomic E-state index is 13.9. The molecule has 3 atom stereocenters. The van der Waals surface area contributed by atoms with Crippen LogP contribution in [0.25, 0.3) is 33.9 Å². The van der Waals surface area contributed by atoms with E-state index in [1.165, 1.54) is 0 Å². The zero-order valence-electron chi connectivity index (χ0n) is 31.2. The van der Waals surface area contributed by atoms with Gasteiger partial charge in [0.05, 0.1) is 29.8 Å². The summed E-state index contributed by atoms with van der Waals surface area (Å²) in [6.45, 7) is 13.5. The maximum Gasteiger partial charge on any atom is 0.410 e. The lowest BCUT2D eigenvalue weighted by molar-refractivity contribution is -0.136. The van der Waals surface area contributed by atoms with Crippen molar-refractivity contribution in [2.45, 2.75) is 77.5 Å². The molecule has 2 aliphatic heterocycles. The summed E-state index contributed by atoms with van der Waals surface area (Å²) in [4.78, 5) is 58.2. The van der Waals surface area contributed by atoms with Crippen molar-refractivity contribution in [1.82, 2.24) is 44.6 Å². The van der Waals surface area contributed by atoms with E-state index in [-0.39, 0.29) is 30.0 Å². The molecule has 0 radical (unpaired) electrons. The summed E-state index contributed by atoms with van der Waals surface area (Å²) in [6.07, 6.45) is 9.49. The van der Waals surface area contributed by atoms with E-state index < -0.39 is 5.60 Å². The van der Waals surface area contributed by atoms with Crippen LogP contribution < -0.4 is 0 Å². The van der Waals surface area contributed by atoms with Gasteiger partial charge >= 0.3 is 6.09 Å². The van der Waals surface area contributed by atoms with Gasteiger partial charge in [-0.25, -0.2) is 24.7 Å². The van der Waals surface area contributed by atoms with Gasteiger partial charge in [-0.05, 0) is 64.3 Å². The Morgan fingerprint density at radius 3 is 2.13 bits per heavy atom. The average molecular weight is 716 g/mol. The molecule has 0 saturated carbocycles. The van der Waals surface area contributed by atoms with Gasteiger partial charge < -0.3 is 19.6 Å². The van der Waals surface area contributed by atoms with Crippen LogP contribution in [0.5, 0.6) is 0 Å². The Labute approximate surface area is 311 Å². The van der Waals surface area contributed by atoms with Gasteiger partial charge in [0.2, 0.25) is 5.91 Å². The highest BCUT2D eigenvalue weighted by Crippen LogP contribution is 2.34. The summed E-state index contributed by atoms with van der Waals surface area (Å²) in [5, 5.41) is 0. The predicted molar refractivity (Wildman–Crippen MR) is 204 cm³/mol. The number of benzene rings is 2. The van der Waals surface area contributed by atoms with E-state index in [9.17, 15) is 9.59 Å². The quantitative estimate of drug-likeness (QED) is 0.153. The fourth-order valence-corrected chi connectivity index (χ4v) is 7.44. The largest absolute Gasteiger partial charge is 0.444 e. The third-order valence-electron chi connectivity index (χ3n) is 10.2. The van der Waals surface area contributed by atoms with Crippen molar-refractivity contribution in [2.24, 2.45) is 0 Å². The van der Waals surface area contributed by atoms with Gasteiger partial charge in [0.15, 0.2) is 5.82 Å². The van der Waals surface area contributed by atoms with Crippen LogP contribution in [0.2, 0.25) is 0 Å². The summed E-state index contributed by atoms with van der Waals surface area (Å²) >= 11 is 0. The number of aromatic amines is 2. The molecule has 2 N–H and O–H groups in total. The van der Waals surface area contributed by atoms with E-state index in [0.717, 1.165) is 77.6 Å². The molecule has 2 aromatic carbocycles. The molecule has 0 bridgehead atoms. The minimum absolute atomic E-state index is 0.153. The molecule has 53 heavy (non-hydrogen) atoms. The summed E-state index contributed by atoms with van der Waals surface area (Å²) < 4.78 is 5.62. The lowest BCUT2D eigenvalue weighted by atomic mass is 10.0.